The van der Waals surface area contributed by atoms with E-state index < -0.39 is 15.4 Å². The van der Waals surface area contributed by atoms with Crippen molar-refractivity contribution < 1.29 is 13.5 Å². The van der Waals surface area contributed by atoms with Gasteiger partial charge in [0.25, 0.3) is 0 Å². The van der Waals surface area contributed by atoms with Gasteiger partial charge < -0.3 is 10.4 Å². The van der Waals surface area contributed by atoms with Crippen molar-refractivity contribution in [2.75, 3.05) is 18.2 Å². The molecule has 0 unspecified atom stereocenters. The number of sulfone groups is 1. The van der Waals surface area contributed by atoms with Crippen LogP contribution in [0.25, 0.3) is 0 Å². The van der Waals surface area contributed by atoms with E-state index in [1.54, 1.807) is 18.2 Å². The second-order valence-corrected chi connectivity index (χ2v) is 8.00. The SMILES string of the molecule is CC1CCC(CO)(Nc2ccccc2S(C)(=O)=O)CC1. The van der Waals surface area contributed by atoms with Crippen LogP contribution in [0.2, 0.25) is 0 Å². The summed E-state index contributed by atoms with van der Waals surface area (Å²) < 4.78 is 23.7. The molecule has 1 aliphatic carbocycles. The molecule has 1 aromatic rings. The van der Waals surface area contributed by atoms with Crippen molar-refractivity contribution in [3.63, 3.8) is 0 Å². The van der Waals surface area contributed by atoms with Crippen LogP contribution in [-0.4, -0.2) is 31.9 Å². The molecule has 1 saturated carbocycles. The predicted octanol–water partition coefficient (Wildman–Crippen LogP) is 2.44. The van der Waals surface area contributed by atoms with Crippen LogP contribution in [0.15, 0.2) is 29.2 Å². The summed E-state index contributed by atoms with van der Waals surface area (Å²) >= 11 is 0. The maximum absolute atomic E-state index is 11.8. The minimum Gasteiger partial charge on any atom is -0.394 e. The maximum atomic E-state index is 11.8. The summed E-state index contributed by atoms with van der Waals surface area (Å²) in [5.74, 6) is 0.668. The molecule has 0 aromatic heterocycles. The van der Waals surface area contributed by atoms with Crippen LogP contribution >= 0.6 is 0 Å². The fraction of sp³-hybridized carbons (Fsp3) is 0.600. The predicted molar refractivity (Wildman–Crippen MR) is 80.6 cm³/mol. The lowest BCUT2D eigenvalue weighted by Gasteiger charge is -2.40. The second-order valence-electron chi connectivity index (χ2n) is 6.01. The quantitative estimate of drug-likeness (QED) is 0.896. The summed E-state index contributed by atoms with van der Waals surface area (Å²) in [6.45, 7) is 2.24. The van der Waals surface area contributed by atoms with Crippen molar-refractivity contribution in [2.45, 2.75) is 43.0 Å². The number of aliphatic hydroxyl groups is 1. The highest BCUT2D eigenvalue weighted by Gasteiger charge is 2.34. The molecule has 4 nitrogen and oxygen atoms in total. The van der Waals surface area contributed by atoms with Gasteiger partial charge in [-0.15, -0.1) is 0 Å². The van der Waals surface area contributed by atoms with E-state index in [9.17, 15) is 13.5 Å². The highest BCUT2D eigenvalue weighted by Crippen LogP contribution is 2.35. The van der Waals surface area contributed by atoms with Gasteiger partial charge in [0.15, 0.2) is 9.84 Å². The van der Waals surface area contributed by atoms with Crippen LogP contribution in [0.5, 0.6) is 0 Å². The zero-order valence-corrected chi connectivity index (χ0v) is 12.9. The molecule has 0 bridgehead atoms. The van der Waals surface area contributed by atoms with Crippen molar-refractivity contribution in [1.29, 1.82) is 0 Å². The summed E-state index contributed by atoms with van der Waals surface area (Å²) in [6.07, 6.45) is 5.04. The minimum atomic E-state index is -3.27. The van der Waals surface area contributed by atoms with Crippen molar-refractivity contribution in [2.24, 2.45) is 5.92 Å². The van der Waals surface area contributed by atoms with Gasteiger partial charge in [-0.2, -0.15) is 0 Å². The van der Waals surface area contributed by atoms with Crippen molar-refractivity contribution in [3.8, 4) is 0 Å². The Morgan fingerprint density at radius 2 is 1.90 bits per heavy atom. The first-order valence-electron chi connectivity index (χ1n) is 7.04. The number of para-hydroxylation sites is 1. The van der Waals surface area contributed by atoms with E-state index in [0.717, 1.165) is 25.7 Å². The minimum absolute atomic E-state index is 0.0256. The van der Waals surface area contributed by atoms with Gasteiger partial charge in [0, 0.05) is 6.26 Å². The summed E-state index contributed by atoms with van der Waals surface area (Å²) in [6, 6.07) is 6.91. The lowest BCUT2D eigenvalue weighted by Crippen LogP contribution is -2.45. The number of rotatable bonds is 4. The van der Waals surface area contributed by atoms with Gasteiger partial charge in [-0.3, -0.25) is 0 Å². The molecule has 0 radical (unpaired) electrons. The van der Waals surface area contributed by atoms with E-state index in [1.807, 2.05) is 6.07 Å². The highest BCUT2D eigenvalue weighted by molar-refractivity contribution is 7.90. The van der Waals surface area contributed by atoms with Crippen LogP contribution in [0.1, 0.15) is 32.6 Å². The lowest BCUT2D eigenvalue weighted by atomic mass is 9.77. The largest absolute Gasteiger partial charge is 0.394 e. The highest BCUT2D eigenvalue weighted by atomic mass is 32.2. The summed E-state index contributed by atoms with van der Waals surface area (Å²) in [5.41, 5.74) is 0.200. The van der Waals surface area contributed by atoms with Crippen molar-refractivity contribution in [1.82, 2.24) is 0 Å². The first-order chi connectivity index (χ1) is 9.36. The van der Waals surface area contributed by atoms with E-state index in [1.165, 1.54) is 6.26 Å². The first kappa shape index (κ1) is 15.3. The van der Waals surface area contributed by atoms with Gasteiger partial charge >= 0.3 is 0 Å². The molecule has 0 saturated heterocycles. The van der Waals surface area contributed by atoms with E-state index in [2.05, 4.69) is 12.2 Å². The van der Waals surface area contributed by atoms with E-state index >= 15 is 0 Å². The van der Waals surface area contributed by atoms with E-state index in [4.69, 9.17) is 0 Å². The Bertz CT molecular complexity index is 560. The third-order valence-corrected chi connectivity index (χ3v) is 5.38. The average Bonchev–Trinajstić information content (AvgIpc) is 2.41. The molecule has 2 N–H and O–H groups in total. The zero-order chi connectivity index (χ0) is 14.8. The molecule has 1 aromatic carbocycles. The Morgan fingerprint density at radius 1 is 1.30 bits per heavy atom. The standard InChI is InChI=1S/C15H23NO3S/c1-12-7-9-15(11-17,10-8-12)16-13-5-3-4-6-14(13)20(2,18)19/h3-6,12,16-17H,7-11H2,1-2H3. The molecule has 0 atom stereocenters. The van der Waals surface area contributed by atoms with Gasteiger partial charge in [0.2, 0.25) is 0 Å². The van der Waals surface area contributed by atoms with Crippen molar-refractivity contribution >= 4 is 15.5 Å². The lowest BCUT2D eigenvalue weighted by molar-refractivity contribution is 0.155. The number of hydrogen-bond acceptors (Lipinski definition) is 4. The van der Waals surface area contributed by atoms with Crippen LogP contribution in [0.3, 0.4) is 0 Å². The molecule has 20 heavy (non-hydrogen) atoms. The van der Waals surface area contributed by atoms with Gasteiger partial charge in [0.1, 0.15) is 0 Å². The Morgan fingerprint density at radius 3 is 2.45 bits per heavy atom. The molecular formula is C15H23NO3S. The molecule has 2 rings (SSSR count). The van der Waals surface area contributed by atoms with Gasteiger partial charge in [-0.1, -0.05) is 19.1 Å². The Labute approximate surface area is 121 Å². The number of benzene rings is 1. The molecule has 1 fully saturated rings. The second kappa shape index (κ2) is 5.74. The molecule has 0 heterocycles. The smallest absolute Gasteiger partial charge is 0.177 e. The van der Waals surface area contributed by atoms with E-state index in [0.29, 0.717) is 16.5 Å². The third-order valence-electron chi connectivity index (χ3n) is 4.22. The summed E-state index contributed by atoms with van der Waals surface area (Å²) in [4.78, 5) is 0.298. The molecule has 5 heteroatoms. The fourth-order valence-corrected chi connectivity index (χ4v) is 3.66. The van der Waals surface area contributed by atoms with Gasteiger partial charge in [-0.05, 0) is 43.7 Å². The first-order valence-corrected chi connectivity index (χ1v) is 8.94. The Kier molecular flexibility index (Phi) is 4.39. The fourth-order valence-electron chi connectivity index (χ4n) is 2.82. The van der Waals surface area contributed by atoms with Crippen LogP contribution < -0.4 is 5.32 Å². The third kappa shape index (κ3) is 3.33. The zero-order valence-electron chi connectivity index (χ0n) is 12.1. The number of anilines is 1. The van der Waals surface area contributed by atoms with Crippen LogP contribution in [-0.2, 0) is 9.84 Å². The molecule has 112 valence electrons. The van der Waals surface area contributed by atoms with Crippen molar-refractivity contribution in [3.05, 3.63) is 24.3 Å². The van der Waals surface area contributed by atoms with Gasteiger partial charge in [-0.25, -0.2) is 8.42 Å². The monoisotopic (exact) mass is 297 g/mol. The summed E-state index contributed by atoms with van der Waals surface area (Å²) in [7, 11) is -3.27. The molecule has 0 amide bonds. The topological polar surface area (TPSA) is 66.4 Å². The maximum Gasteiger partial charge on any atom is 0.177 e. The van der Waals surface area contributed by atoms with Crippen LogP contribution in [0.4, 0.5) is 5.69 Å². The Balaban J connectivity index is 2.29. The molecular weight excluding hydrogens is 274 g/mol. The normalized spacial score (nSPS) is 27.2. The van der Waals surface area contributed by atoms with Gasteiger partial charge in [0.05, 0.1) is 22.7 Å². The van der Waals surface area contributed by atoms with Crippen LogP contribution in [0, 0.1) is 5.92 Å². The van der Waals surface area contributed by atoms with E-state index in [-0.39, 0.29) is 6.61 Å². The number of aliphatic hydroxyl groups excluding tert-OH is 1. The molecule has 0 aliphatic heterocycles. The molecule has 0 spiro atoms. The Hall–Kier alpha value is -1.07. The summed E-state index contributed by atoms with van der Waals surface area (Å²) in [5, 5.41) is 13.1. The molecule has 1 aliphatic rings. The number of nitrogens with one attached hydrogen (secondary N) is 1. The average molecular weight is 297 g/mol. The number of hydrogen-bond donors (Lipinski definition) is 2.